The second-order valence-electron chi connectivity index (χ2n) is 4.74. The summed E-state index contributed by atoms with van der Waals surface area (Å²) in [5, 5.41) is 3.92. The zero-order valence-corrected chi connectivity index (χ0v) is 14.4. The molecular formula is C16H12Br2N2O. The highest BCUT2D eigenvalue weighted by molar-refractivity contribution is 9.10. The molecular weight excluding hydrogens is 396 g/mol. The van der Waals surface area contributed by atoms with Gasteiger partial charge >= 0.3 is 0 Å². The minimum atomic E-state index is 0.393. The third-order valence-electron chi connectivity index (χ3n) is 3.29. The van der Waals surface area contributed by atoms with Crippen molar-refractivity contribution in [3.05, 3.63) is 57.0 Å². The molecule has 0 saturated carbocycles. The van der Waals surface area contributed by atoms with Gasteiger partial charge in [-0.3, -0.25) is 0 Å². The van der Waals surface area contributed by atoms with Crippen LogP contribution in [0.2, 0.25) is 0 Å². The van der Waals surface area contributed by atoms with Crippen LogP contribution in [0.5, 0.6) is 0 Å². The van der Waals surface area contributed by atoms with Gasteiger partial charge in [0, 0.05) is 14.5 Å². The Bertz CT molecular complexity index is 795. The van der Waals surface area contributed by atoms with Gasteiger partial charge in [-0.15, -0.1) is 0 Å². The highest BCUT2D eigenvalue weighted by Gasteiger charge is 2.18. The lowest BCUT2D eigenvalue weighted by molar-refractivity contribution is 0.436. The van der Waals surface area contributed by atoms with E-state index in [4.69, 9.17) is 10.3 Å². The van der Waals surface area contributed by atoms with Crippen molar-refractivity contribution in [2.24, 2.45) is 0 Å². The quantitative estimate of drug-likeness (QED) is 0.616. The average Bonchev–Trinajstić information content (AvgIpc) is 2.85. The average molecular weight is 408 g/mol. The van der Waals surface area contributed by atoms with E-state index in [9.17, 15) is 0 Å². The highest BCUT2D eigenvalue weighted by atomic mass is 79.9. The first-order valence-electron chi connectivity index (χ1n) is 6.34. The SMILES string of the molecule is Cc1ccc(-c2onc(N)c2-c2ccc(Br)cc2)cc1Br. The second kappa shape index (κ2) is 5.66. The number of hydrogen-bond donors (Lipinski definition) is 1. The predicted octanol–water partition coefficient (Wildman–Crippen LogP) is 5.42. The topological polar surface area (TPSA) is 52.0 Å². The van der Waals surface area contributed by atoms with Crippen molar-refractivity contribution in [1.29, 1.82) is 0 Å². The molecule has 3 nitrogen and oxygen atoms in total. The number of anilines is 1. The number of rotatable bonds is 2. The van der Waals surface area contributed by atoms with Crippen LogP contribution in [0.4, 0.5) is 5.82 Å². The van der Waals surface area contributed by atoms with Gasteiger partial charge in [0.15, 0.2) is 11.6 Å². The van der Waals surface area contributed by atoms with E-state index < -0.39 is 0 Å². The van der Waals surface area contributed by atoms with Crippen LogP contribution < -0.4 is 5.73 Å². The molecule has 0 fully saturated rings. The molecule has 0 saturated heterocycles. The Morgan fingerprint density at radius 2 is 1.67 bits per heavy atom. The Hall–Kier alpha value is -1.59. The largest absolute Gasteiger partial charge is 0.380 e. The standard InChI is InChI=1S/C16H12Br2N2O/c1-9-2-3-11(8-13(9)18)15-14(16(19)20-21-15)10-4-6-12(17)7-5-10/h2-8H,1H3,(H2,19,20). The molecule has 3 aromatic rings. The summed E-state index contributed by atoms with van der Waals surface area (Å²) in [6.07, 6.45) is 0. The summed E-state index contributed by atoms with van der Waals surface area (Å²) in [5.41, 5.74) is 9.88. The Labute approximate surface area is 139 Å². The maximum atomic E-state index is 5.99. The molecule has 0 unspecified atom stereocenters. The Balaban J connectivity index is 2.16. The number of nitrogens with zero attached hydrogens (tertiary/aromatic N) is 1. The molecule has 0 aliphatic rings. The van der Waals surface area contributed by atoms with Crippen LogP contribution in [-0.4, -0.2) is 5.16 Å². The molecule has 2 N–H and O–H groups in total. The minimum Gasteiger partial charge on any atom is -0.380 e. The van der Waals surface area contributed by atoms with Crippen molar-refractivity contribution >= 4 is 37.7 Å². The van der Waals surface area contributed by atoms with Gasteiger partial charge in [0.05, 0.1) is 5.56 Å². The zero-order valence-electron chi connectivity index (χ0n) is 11.2. The van der Waals surface area contributed by atoms with Gasteiger partial charge in [0.1, 0.15) is 0 Å². The second-order valence-corrected chi connectivity index (χ2v) is 6.51. The third kappa shape index (κ3) is 2.76. The van der Waals surface area contributed by atoms with Crippen molar-refractivity contribution in [2.45, 2.75) is 6.92 Å². The van der Waals surface area contributed by atoms with E-state index in [-0.39, 0.29) is 0 Å². The van der Waals surface area contributed by atoms with Crippen LogP contribution in [-0.2, 0) is 0 Å². The van der Waals surface area contributed by atoms with E-state index in [0.29, 0.717) is 11.6 Å². The van der Waals surface area contributed by atoms with Gasteiger partial charge in [-0.2, -0.15) is 0 Å². The first-order chi connectivity index (χ1) is 10.1. The predicted molar refractivity (Wildman–Crippen MR) is 91.9 cm³/mol. The number of nitrogens with two attached hydrogens (primary N) is 1. The lowest BCUT2D eigenvalue weighted by Gasteiger charge is -2.05. The summed E-state index contributed by atoms with van der Waals surface area (Å²) in [6.45, 7) is 2.04. The van der Waals surface area contributed by atoms with Gasteiger partial charge in [-0.05, 0) is 36.2 Å². The summed E-state index contributed by atoms with van der Waals surface area (Å²) < 4.78 is 7.49. The molecule has 0 aliphatic heterocycles. The Kier molecular flexibility index (Phi) is 3.87. The summed E-state index contributed by atoms with van der Waals surface area (Å²) >= 11 is 6.97. The van der Waals surface area contributed by atoms with Crippen LogP contribution in [0.1, 0.15) is 5.56 Å². The smallest absolute Gasteiger partial charge is 0.176 e. The molecule has 0 atom stereocenters. The van der Waals surface area contributed by atoms with E-state index in [1.54, 1.807) is 0 Å². The fourth-order valence-electron chi connectivity index (χ4n) is 2.13. The molecule has 0 aliphatic carbocycles. The fourth-order valence-corrected chi connectivity index (χ4v) is 2.77. The summed E-state index contributed by atoms with van der Waals surface area (Å²) in [7, 11) is 0. The molecule has 1 heterocycles. The van der Waals surface area contributed by atoms with Crippen LogP contribution >= 0.6 is 31.9 Å². The minimum absolute atomic E-state index is 0.393. The third-order valence-corrected chi connectivity index (χ3v) is 4.67. The highest BCUT2D eigenvalue weighted by Crippen LogP contribution is 2.38. The normalized spacial score (nSPS) is 10.8. The van der Waals surface area contributed by atoms with Gasteiger partial charge in [0.2, 0.25) is 0 Å². The van der Waals surface area contributed by atoms with Gasteiger partial charge in [0.25, 0.3) is 0 Å². The van der Waals surface area contributed by atoms with Crippen LogP contribution in [0.25, 0.3) is 22.5 Å². The van der Waals surface area contributed by atoms with Crippen LogP contribution in [0, 0.1) is 6.92 Å². The molecule has 106 valence electrons. The fraction of sp³-hybridized carbons (Fsp3) is 0.0625. The molecule has 1 aromatic heterocycles. The molecule has 3 rings (SSSR count). The Morgan fingerprint density at radius 1 is 1.00 bits per heavy atom. The first-order valence-corrected chi connectivity index (χ1v) is 7.92. The van der Waals surface area contributed by atoms with Crippen LogP contribution in [0.15, 0.2) is 55.9 Å². The van der Waals surface area contributed by atoms with E-state index >= 15 is 0 Å². The molecule has 0 radical (unpaired) electrons. The number of aromatic nitrogens is 1. The summed E-state index contributed by atoms with van der Waals surface area (Å²) in [4.78, 5) is 0. The van der Waals surface area contributed by atoms with E-state index in [1.807, 2.05) is 49.4 Å². The number of benzene rings is 2. The molecule has 0 bridgehead atoms. The summed E-state index contributed by atoms with van der Waals surface area (Å²) in [5.74, 6) is 1.07. The lowest BCUT2D eigenvalue weighted by atomic mass is 10.0. The van der Waals surface area contributed by atoms with Crippen molar-refractivity contribution in [3.63, 3.8) is 0 Å². The molecule has 0 amide bonds. The lowest BCUT2D eigenvalue weighted by Crippen LogP contribution is -1.89. The van der Waals surface area contributed by atoms with E-state index in [0.717, 1.165) is 31.2 Å². The Morgan fingerprint density at radius 3 is 2.33 bits per heavy atom. The number of hydrogen-bond acceptors (Lipinski definition) is 3. The van der Waals surface area contributed by atoms with E-state index in [1.165, 1.54) is 0 Å². The maximum Gasteiger partial charge on any atom is 0.176 e. The number of halogens is 2. The van der Waals surface area contributed by atoms with Crippen LogP contribution in [0.3, 0.4) is 0 Å². The van der Waals surface area contributed by atoms with Crippen molar-refractivity contribution in [2.75, 3.05) is 5.73 Å². The van der Waals surface area contributed by atoms with Crippen molar-refractivity contribution in [1.82, 2.24) is 5.16 Å². The molecule has 2 aromatic carbocycles. The van der Waals surface area contributed by atoms with E-state index in [2.05, 4.69) is 37.0 Å². The van der Waals surface area contributed by atoms with Crippen molar-refractivity contribution in [3.8, 4) is 22.5 Å². The van der Waals surface area contributed by atoms with Gasteiger partial charge in [-0.25, -0.2) is 0 Å². The van der Waals surface area contributed by atoms with Gasteiger partial charge < -0.3 is 10.3 Å². The zero-order chi connectivity index (χ0) is 15.0. The molecule has 0 spiro atoms. The maximum absolute atomic E-state index is 5.99. The summed E-state index contributed by atoms with van der Waals surface area (Å²) in [6, 6.07) is 14.0. The first kappa shape index (κ1) is 14.4. The molecule has 5 heteroatoms. The monoisotopic (exact) mass is 406 g/mol. The number of aryl methyl sites for hydroxylation is 1. The number of nitrogen functional groups attached to an aromatic ring is 1. The van der Waals surface area contributed by atoms with Crippen molar-refractivity contribution < 1.29 is 4.52 Å². The molecule has 21 heavy (non-hydrogen) atoms. The van der Waals surface area contributed by atoms with Gasteiger partial charge in [-0.1, -0.05) is 61.3 Å².